The van der Waals surface area contributed by atoms with Gasteiger partial charge in [0.25, 0.3) is 0 Å². The van der Waals surface area contributed by atoms with Crippen molar-refractivity contribution in [3.8, 4) is 11.1 Å². The van der Waals surface area contributed by atoms with E-state index in [4.69, 9.17) is 5.11 Å². The van der Waals surface area contributed by atoms with Gasteiger partial charge in [-0.05, 0) is 112 Å². The number of carboxylic acid groups (broad SMARTS) is 1. The Labute approximate surface area is 201 Å². The number of rotatable bonds is 7. The topological polar surface area (TPSA) is 78.4 Å². The van der Waals surface area contributed by atoms with E-state index >= 15 is 4.39 Å². The van der Waals surface area contributed by atoms with Crippen molar-refractivity contribution in [1.29, 1.82) is 0 Å². The lowest BCUT2D eigenvalue weighted by molar-refractivity contribution is -0.140. The van der Waals surface area contributed by atoms with Gasteiger partial charge in [-0.25, -0.2) is 4.39 Å². The van der Waals surface area contributed by atoms with Crippen LogP contribution in [0.15, 0.2) is 23.8 Å². The summed E-state index contributed by atoms with van der Waals surface area (Å²) >= 11 is 0. The largest absolute Gasteiger partial charge is 0.480 e. The van der Waals surface area contributed by atoms with Crippen molar-refractivity contribution in [2.75, 3.05) is 5.32 Å². The first-order valence-electron chi connectivity index (χ1n) is 11.9. The highest BCUT2D eigenvalue weighted by Crippen LogP contribution is 2.37. The van der Waals surface area contributed by atoms with Crippen molar-refractivity contribution in [3.63, 3.8) is 0 Å². The highest BCUT2D eigenvalue weighted by Gasteiger charge is 2.20. The summed E-state index contributed by atoms with van der Waals surface area (Å²) in [4.78, 5) is 23.5. The number of hydrogen-bond donors (Lipinski definition) is 3. The normalized spacial score (nSPS) is 15.3. The second-order valence-electron chi connectivity index (χ2n) is 9.47. The Balaban J connectivity index is 1.96. The van der Waals surface area contributed by atoms with Crippen molar-refractivity contribution in [3.05, 3.63) is 57.4 Å². The van der Waals surface area contributed by atoms with Crippen LogP contribution in [0.5, 0.6) is 0 Å². The van der Waals surface area contributed by atoms with Crippen LogP contribution in [0.4, 0.5) is 10.1 Å². The lowest BCUT2D eigenvalue weighted by atomic mass is 9.85. The van der Waals surface area contributed by atoms with Crippen molar-refractivity contribution in [1.82, 2.24) is 5.32 Å². The highest BCUT2D eigenvalue weighted by atomic mass is 19.1. The Hall–Kier alpha value is -3.15. The molecule has 1 saturated carbocycles. The lowest BCUT2D eigenvalue weighted by Crippen LogP contribution is -2.38. The van der Waals surface area contributed by atoms with Gasteiger partial charge < -0.3 is 15.7 Å². The molecule has 34 heavy (non-hydrogen) atoms. The van der Waals surface area contributed by atoms with E-state index in [1.807, 2.05) is 39.8 Å². The van der Waals surface area contributed by atoms with Crippen LogP contribution >= 0.6 is 0 Å². The van der Waals surface area contributed by atoms with Crippen molar-refractivity contribution in [2.45, 2.75) is 79.3 Å². The summed E-state index contributed by atoms with van der Waals surface area (Å²) in [5, 5.41) is 15.0. The van der Waals surface area contributed by atoms with Gasteiger partial charge in [0.05, 0.1) is 0 Å². The van der Waals surface area contributed by atoms with Crippen LogP contribution in [0.2, 0.25) is 0 Å². The summed E-state index contributed by atoms with van der Waals surface area (Å²) in [5.74, 6) is -1.77. The molecule has 1 atom stereocenters. The van der Waals surface area contributed by atoms with Crippen LogP contribution in [0, 0.1) is 33.5 Å². The molecule has 2 aromatic rings. The first kappa shape index (κ1) is 25.5. The van der Waals surface area contributed by atoms with E-state index in [1.54, 1.807) is 19.1 Å². The van der Waals surface area contributed by atoms with E-state index in [1.165, 1.54) is 19.8 Å². The van der Waals surface area contributed by atoms with Crippen molar-refractivity contribution >= 4 is 23.6 Å². The number of nitrogens with one attached hydrogen (secondary N) is 2. The number of halogens is 1. The molecule has 1 aliphatic rings. The Kier molecular flexibility index (Phi) is 7.80. The van der Waals surface area contributed by atoms with Gasteiger partial charge in [0.1, 0.15) is 11.9 Å². The fraction of sp³-hybridized carbons (Fsp3) is 0.429. The maximum absolute atomic E-state index is 15.3. The van der Waals surface area contributed by atoms with E-state index in [-0.39, 0.29) is 5.82 Å². The number of anilines is 1. The maximum Gasteiger partial charge on any atom is 0.325 e. The second-order valence-corrected chi connectivity index (χ2v) is 9.47. The predicted octanol–water partition coefficient (Wildman–Crippen LogP) is 6.07. The number of hydrogen-bond acceptors (Lipinski definition) is 3. The van der Waals surface area contributed by atoms with E-state index in [2.05, 4.69) is 10.6 Å². The lowest BCUT2D eigenvalue weighted by Gasteiger charge is -2.21. The minimum absolute atomic E-state index is 0.255. The van der Waals surface area contributed by atoms with Crippen LogP contribution in [0.1, 0.15) is 67.3 Å². The summed E-state index contributed by atoms with van der Waals surface area (Å²) in [5.41, 5.74) is 7.40. The zero-order valence-electron chi connectivity index (χ0n) is 20.9. The molecule has 6 heteroatoms. The SMILES string of the molecule is CC(=Cc1c(C)c(C)c(-c2ccc(NC3CCCC3)cc2F)c(C)c1C)C(=O)N[C@H](C)C(=O)O. The molecule has 0 spiro atoms. The Bertz CT molecular complexity index is 1120. The Morgan fingerprint density at radius 2 is 1.65 bits per heavy atom. The molecule has 5 nitrogen and oxygen atoms in total. The van der Waals surface area contributed by atoms with Gasteiger partial charge >= 0.3 is 5.97 Å². The molecule has 2 aromatic carbocycles. The average molecular weight is 467 g/mol. The fourth-order valence-electron chi connectivity index (χ4n) is 4.73. The molecule has 3 rings (SSSR count). The fourth-order valence-corrected chi connectivity index (χ4v) is 4.73. The summed E-state index contributed by atoms with van der Waals surface area (Å²) in [7, 11) is 0. The van der Waals surface area contributed by atoms with Gasteiger partial charge in [0.15, 0.2) is 0 Å². The first-order chi connectivity index (χ1) is 16.0. The van der Waals surface area contributed by atoms with E-state index in [0.717, 1.165) is 51.9 Å². The van der Waals surface area contributed by atoms with Crippen molar-refractivity contribution in [2.24, 2.45) is 0 Å². The van der Waals surface area contributed by atoms with Crippen LogP contribution in [0.3, 0.4) is 0 Å². The van der Waals surface area contributed by atoms with Crippen LogP contribution in [-0.2, 0) is 9.59 Å². The quantitative estimate of drug-likeness (QED) is 0.433. The van der Waals surface area contributed by atoms with Crippen LogP contribution < -0.4 is 10.6 Å². The number of carbonyl (C=O) groups excluding carboxylic acids is 1. The molecule has 0 aliphatic heterocycles. The van der Waals surface area contributed by atoms with Gasteiger partial charge in [-0.3, -0.25) is 9.59 Å². The standard InChI is InChI=1S/C28H35FN2O3/c1-15(27(32)30-20(6)28(33)34)13-24-16(2)18(4)26(19(5)17(24)3)23-12-11-22(14-25(23)29)31-21-9-7-8-10-21/h11-14,20-21,31H,7-10H2,1-6H3,(H,30,32)(H,33,34)/t20-/m1/s1. The predicted molar refractivity (Wildman–Crippen MR) is 136 cm³/mol. The summed E-state index contributed by atoms with van der Waals surface area (Å²) in [6, 6.07) is 4.83. The third-order valence-corrected chi connectivity index (χ3v) is 7.08. The third-order valence-electron chi connectivity index (χ3n) is 7.08. The van der Waals surface area contributed by atoms with Gasteiger partial charge in [-0.2, -0.15) is 0 Å². The number of benzene rings is 2. The average Bonchev–Trinajstić information content (AvgIpc) is 3.29. The minimum Gasteiger partial charge on any atom is -0.480 e. The molecule has 3 N–H and O–H groups in total. The zero-order valence-corrected chi connectivity index (χ0v) is 20.9. The summed E-state index contributed by atoms with van der Waals surface area (Å²) in [6.45, 7) is 11.0. The first-order valence-corrected chi connectivity index (χ1v) is 11.9. The molecule has 0 aromatic heterocycles. The smallest absolute Gasteiger partial charge is 0.325 e. The molecule has 0 unspecified atom stereocenters. The number of aliphatic carboxylic acids is 1. The maximum atomic E-state index is 15.3. The molecule has 0 heterocycles. The van der Waals surface area contributed by atoms with Crippen LogP contribution in [0.25, 0.3) is 17.2 Å². The molecular formula is C28H35FN2O3. The molecule has 1 amide bonds. The minimum atomic E-state index is -1.09. The Morgan fingerprint density at radius 3 is 2.18 bits per heavy atom. The Morgan fingerprint density at radius 1 is 1.06 bits per heavy atom. The number of carbonyl (C=O) groups is 2. The van der Waals surface area contributed by atoms with Crippen LogP contribution in [-0.4, -0.2) is 29.1 Å². The van der Waals surface area contributed by atoms with Crippen molar-refractivity contribution < 1.29 is 19.1 Å². The molecular weight excluding hydrogens is 431 g/mol. The molecule has 1 aliphatic carbocycles. The molecule has 1 fully saturated rings. The van der Waals surface area contributed by atoms with Gasteiger partial charge in [-0.15, -0.1) is 0 Å². The molecule has 0 bridgehead atoms. The van der Waals surface area contributed by atoms with Gasteiger partial charge in [0.2, 0.25) is 5.91 Å². The van der Waals surface area contributed by atoms with Gasteiger partial charge in [-0.1, -0.05) is 12.8 Å². The summed E-state index contributed by atoms with van der Waals surface area (Å²) < 4.78 is 15.3. The molecule has 182 valence electrons. The van der Waals surface area contributed by atoms with E-state index in [0.29, 0.717) is 17.2 Å². The summed E-state index contributed by atoms with van der Waals surface area (Å²) in [6.07, 6.45) is 6.47. The monoisotopic (exact) mass is 466 g/mol. The zero-order chi connectivity index (χ0) is 25.2. The van der Waals surface area contributed by atoms with Gasteiger partial charge in [0, 0.05) is 22.9 Å². The number of carboxylic acids is 1. The molecule has 0 saturated heterocycles. The van der Waals surface area contributed by atoms with E-state index < -0.39 is 17.9 Å². The number of amides is 1. The second kappa shape index (κ2) is 10.4. The van der Waals surface area contributed by atoms with E-state index in [9.17, 15) is 9.59 Å². The third kappa shape index (κ3) is 5.32. The highest BCUT2D eigenvalue weighted by molar-refractivity contribution is 5.99. The molecule has 0 radical (unpaired) electrons.